The average Bonchev–Trinajstić information content (AvgIpc) is 3.35. The zero-order valence-corrected chi connectivity index (χ0v) is 18.0. The second-order valence-corrected chi connectivity index (χ2v) is 7.86. The Bertz CT molecular complexity index is 1380. The summed E-state index contributed by atoms with van der Waals surface area (Å²) in [7, 11) is 3.08. The van der Waals surface area contributed by atoms with Crippen LogP contribution in [0.5, 0.6) is 0 Å². The van der Waals surface area contributed by atoms with Gasteiger partial charge in [0.2, 0.25) is 5.95 Å². The molecular formula is C20H23N9O3. The number of ether oxygens (including phenoxy) is 1. The average molecular weight is 437 g/mol. The summed E-state index contributed by atoms with van der Waals surface area (Å²) in [6.07, 6.45) is 5.91. The Hall–Kier alpha value is -3.96. The van der Waals surface area contributed by atoms with E-state index in [1.807, 2.05) is 19.2 Å². The Morgan fingerprint density at radius 1 is 1.25 bits per heavy atom. The number of amides is 1. The third kappa shape index (κ3) is 3.24. The molecule has 1 saturated heterocycles. The maximum absolute atomic E-state index is 13.0. The number of hydrogen-bond donors (Lipinski definition) is 1. The SMILES string of the molecule is COC(=O)N1CCC(n2c(=O)n(C)c3cnc(Nc4cn5ncnc5cc4C)nc32)CC1. The predicted molar refractivity (Wildman–Crippen MR) is 116 cm³/mol. The maximum Gasteiger partial charge on any atom is 0.409 e. The van der Waals surface area contributed by atoms with Gasteiger partial charge in [0.25, 0.3) is 0 Å². The highest BCUT2D eigenvalue weighted by atomic mass is 16.5. The van der Waals surface area contributed by atoms with Crippen LogP contribution in [0.1, 0.15) is 24.4 Å². The van der Waals surface area contributed by atoms with Crippen LogP contribution >= 0.6 is 0 Å². The van der Waals surface area contributed by atoms with Crippen molar-refractivity contribution in [3.63, 3.8) is 0 Å². The molecule has 4 aromatic heterocycles. The van der Waals surface area contributed by atoms with Crippen molar-refractivity contribution < 1.29 is 9.53 Å². The van der Waals surface area contributed by atoms with Gasteiger partial charge >= 0.3 is 11.8 Å². The molecule has 4 aromatic rings. The predicted octanol–water partition coefficient (Wildman–Crippen LogP) is 1.63. The van der Waals surface area contributed by atoms with Crippen LogP contribution in [0.3, 0.4) is 0 Å². The van der Waals surface area contributed by atoms with E-state index >= 15 is 0 Å². The van der Waals surface area contributed by atoms with E-state index in [1.165, 1.54) is 13.4 Å². The topological polar surface area (TPSA) is 124 Å². The number of anilines is 2. The highest BCUT2D eigenvalue weighted by Crippen LogP contribution is 2.26. The van der Waals surface area contributed by atoms with Crippen molar-refractivity contribution in [3.8, 4) is 0 Å². The minimum absolute atomic E-state index is 0.0666. The van der Waals surface area contributed by atoms with Crippen molar-refractivity contribution in [1.82, 2.24) is 38.6 Å². The number of carbonyl (C=O) groups is 1. The van der Waals surface area contributed by atoms with E-state index in [2.05, 4.69) is 25.4 Å². The number of fused-ring (bicyclic) bond motifs is 2. The number of likely N-dealkylation sites (tertiary alicyclic amines) is 1. The fourth-order valence-corrected chi connectivity index (χ4v) is 4.17. The minimum atomic E-state index is -0.345. The van der Waals surface area contributed by atoms with Crippen molar-refractivity contribution in [2.45, 2.75) is 25.8 Å². The number of methoxy groups -OCH3 is 1. The van der Waals surface area contributed by atoms with Crippen LogP contribution in [-0.2, 0) is 11.8 Å². The molecule has 1 aliphatic heterocycles. The van der Waals surface area contributed by atoms with Crippen molar-refractivity contribution in [3.05, 3.63) is 40.8 Å². The summed E-state index contributed by atoms with van der Waals surface area (Å²) < 4.78 is 9.74. The Kier molecular flexibility index (Phi) is 4.76. The fourth-order valence-electron chi connectivity index (χ4n) is 4.17. The highest BCUT2D eigenvalue weighted by Gasteiger charge is 2.28. The molecule has 5 rings (SSSR count). The summed E-state index contributed by atoms with van der Waals surface area (Å²) in [6, 6.07) is 1.85. The summed E-state index contributed by atoms with van der Waals surface area (Å²) in [5.41, 5.74) is 3.57. The number of rotatable bonds is 3. The molecular weight excluding hydrogens is 414 g/mol. The molecule has 0 aliphatic carbocycles. The molecule has 1 fully saturated rings. The molecule has 1 aliphatic rings. The standard InChI is InChI=1S/C20H23N9O3/c1-12-8-16-22-11-23-28(16)10-14(12)24-18-21-9-15-17(25-18)29(19(30)26(15)2)13-4-6-27(7-5-13)20(31)32-3/h8-11,13H,4-7H2,1-3H3,(H,21,24,25). The third-order valence-corrected chi connectivity index (χ3v) is 5.96. The first-order valence-corrected chi connectivity index (χ1v) is 10.3. The fraction of sp³-hybridized carbons (Fsp3) is 0.400. The largest absolute Gasteiger partial charge is 0.453 e. The van der Waals surface area contributed by atoms with Crippen molar-refractivity contribution in [2.75, 3.05) is 25.5 Å². The first kappa shape index (κ1) is 20.0. The molecule has 0 unspecified atom stereocenters. The monoisotopic (exact) mass is 437 g/mol. The summed E-state index contributed by atoms with van der Waals surface area (Å²) >= 11 is 0. The smallest absolute Gasteiger partial charge is 0.409 e. The van der Waals surface area contributed by atoms with E-state index in [-0.39, 0.29) is 17.8 Å². The molecule has 1 amide bonds. The molecule has 5 heterocycles. The maximum atomic E-state index is 13.0. The molecule has 0 atom stereocenters. The number of carbonyl (C=O) groups excluding carboxylic acids is 1. The van der Waals surface area contributed by atoms with Crippen LogP contribution in [0.25, 0.3) is 16.8 Å². The summed E-state index contributed by atoms with van der Waals surface area (Å²) in [5, 5.41) is 7.40. The first-order valence-electron chi connectivity index (χ1n) is 10.3. The van der Waals surface area contributed by atoms with Crippen LogP contribution in [0.15, 0.2) is 29.6 Å². The summed E-state index contributed by atoms with van der Waals surface area (Å²) in [4.78, 5) is 39.7. The number of aryl methyl sites for hydroxylation is 2. The van der Waals surface area contributed by atoms with Crippen LogP contribution in [0, 0.1) is 6.92 Å². The number of nitrogens with one attached hydrogen (secondary N) is 1. The molecule has 0 radical (unpaired) electrons. The number of nitrogens with zero attached hydrogens (tertiary/aromatic N) is 8. The van der Waals surface area contributed by atoms with Gasteiger partial charge < -0.3 is 15.0 Å². The van der Waals surface area contributed by atoms with E-state index in [9.17, 15) is 9.59 Å². The van der Waals surface area contributed by atoms with Gasteiger partial charge in [-0.25, -0.2) is 24.1 Å². The number of pyridine rings is 1. The molecule has 166 valence electrons. The van der Waals surface area contributed by atoms with Gasteiger partial charge in [-0.15, -0.1) is 0 Å². The molecule has 0 aromatic carbocycles. The molecule has 32 heavy (non-hydrogen) atoms. The zero-order valence-electron chi connectivity index (χ0n) is 18.0. The number of imidazole rings is 1. The van der Waals surface area contributed by atoms with Crippen LogP contribution in [0.4, 0.5) is 16.4 Å². The van der Waals surface area contributed by atoms with Gasteiger partial charge in [0, 0.05) is 26.2 Å². The van der Waals surface area contributed by atoms with Gasteiger partial charge in [-0.2, -0.15) is 10.1 Å². The lowest BCUT2D eigenvalue weighted by molar-refractivity contribution is 0.107. The van der Waals surface area contributed by atoms with E-state index < -0.39 is 0 Å². The van der Waals surface area contributed by atoms with Crippen molar-refractivity contribution in [1.29, 1.82) is 0 Å². The molecule has 12 heteroatoms. The quantitative estimate of drug-likeness (QED) is 0.513. The molecule has 0 spiro atoms. The van der Waals surface area contributed by atoms with E-state index in [0.717, 1.165) is 16.9 Å². The Labute approximate surface area is 182 Å². The summed E-state index contributed by atoms with van der Waals surface area (Å²) in [6.45, 7) is 3.00. The molecule has 0 saturated carbocycles. The Morgan fingerprint density at radius 3 is 2.78 bits per heavy atom. The van der Waals surface area contributed by atoms with Gasteiger partial charge in [-0.3, -0.25) is 9.13 Å². The van der Waals surface area contributed by atoms with Crippen LogP contribution in [0.2, 0.25) is 0 Å². The van der Waals surface area contributed by atoms with Crippen molar-refractivity contribution in [2.24, 2.45) is 7.05 Å². The number of aromatic nitrogens is 7. The van der Waals surface area contributed by atoms with E-state index in [0.29, 0.717) is 43.0 Å². The van der Waals surface area contributed by atoms with Crippen molar-refractivity contribution >= 4 is 34.5 Å². The van der Waals surface area contributed by atoms with Crippen LogP contribution < -0.4 is 11.0 Å². The Balaban J connectivity index is 1.49. The van der Waals surface area contributed by atoms with Gasteiger partial charge in [0.1, 0.15) is 11.8 Å². The normalized spacial score (nSPS) is 14.9. The lowest BCUT2D eigenvalue weighted by atomic mass is 10.1. The number of hydrogen-bond acceptors (Lipinski definition) is 8. The van der Waals surface area contributed by atoms with Gasteiger partial charge in [-0.1, -0.05) is 0 Å². The van der Waals surface area contributed by atoms with E-state index in [1.54, 1.807) is 31.8 Å². The van der Waals surface area contributed by atoms with Crippen LogP contribution in [-0.4, -0.2) is 64.9 Å². The lowest BCUT2D eigenvalue weighted by Crippen LogP contribution is -2.40. The van der Waals surface area contributed by atoms with Gasteiger partial charge in [-0.05, 0) is 31.4 Å². The van der Waals surface area contributed by atoms with E-state index in [4.69, 9.17) is 4.74 Å². The number of piperidine rings is 1. The molecule has 12 nitrogen and oxygen atoms in total. The highest BCUT2D eigenvalue weighted by molar-refractivity contribution is 5.73. The second-order valence-electron chi connectivity index (χ2n) is 7.86. The Morgan fingerprint density at radius 2 is 2.03 bits per heavy atom. The second kappa shape index (κ2) is 7.62. The van der Waals surface area contributed by atoms with Gasteiger partial charge in [0.05, 0.1) is 25.2 Å². The zero-order chi connectivity index (χ0) is 22.4. The summed E-state index contributed by atoms with van der Waals surface area (Å²) in [5.74, 6) is 0.381. The third-order valence-electron chi connectivity index (χ3n) is 5.96. The minimum Gasteiger partial charge on any atom is -0.453 e. The lowest BCUT2D eigenvalue weighted by Gasteiger charge is -2.31. The first-order chi connectivity index (χ1) is 15.5. The molecule has 0 bridgehead atoms. The van der Waals surface area contributed by atoms with Gasteiger partial charge in [0.15, 0.2) is 11.3 Å². The molecule has 1 N–H and O–H groups in total.